The summed E-state index contributed by atoms with van der Waals surface area (Å²) in [5.41, 5.74) is 7.58. The van der Waals surface area contributed by atoms with E-state index < -0.39 is 12.0 Å². The number of guanidine groups is 1. The molecule has 1 aliphatic carbocycles. The van der Waals surface area contributed by atoms with Crippen LogP contribution in [-0.4, -0.2) is 35.7 Å². The first-order valence-electron chi connectivity index (χ1n) is 10.4. The molecule has 4 N–H and O–H groups in total. The van der Waals surface area contributed by atoms with Gasteiger partial charge < -0.3 is 25.6 Å². The first-order valence-corrected chi connectivity index (χ1v) is 10.4. The Balaban J connectivity index is 1.79. The van der Waals surface area contributed by atoms with Gasteiger partial charge in [0, 0.05) is 18.5 Å². The van der Waals surface area contributed by atoms with Gasteiger partial charge in [0.15, 0.2) is 5.96 Å². The Kier molecular flexibility index (Phi) is 6.97. The molecule has 1 aliphatic heterocycles. The van der Waals surface area contributed by atoms with E-state index in [1.54, 1.807) is 24.3 Å². The van der Waals surface area contributed by atoms with E-state index in [0.29, 0.717) is 23.3 Å². The average Bonchev–Trinajstić information content (AvgIpc) is 2.71. The number of phenols is 1. The van der Waals surface area contributed by atoms with Crippen molar-refractivity contribution in [2.45, 2.75) is 58.1 Å². The average molecular weight is 415 g/mol. The van der Waals surface area contributed by atoms with E-state index in [4.69, 9.17) is 15.2 Å². The van der Waals surface area contributed by atoms with Crippen LogP contribution < -0.4 is 11.1 Å². The number of nitrogens with zero attached hydrogens (tertiary/aromatic N) is 1. The second-order valence-electron chi connectivity index (χ2n) is 7.67. The van der Waals surface area contributed by atoms with Crippen molar-refractivity contribution in [3.05, 3.63) is 41.1 Å². The van der Waals surface area contributed by atoms with Gasteiger partial charge in [0.1, 0.15) is 17.9 Å². The molecule has 1 aromatic rings. The maximum atomic E-state index is 13.1. The Hall–Kier alpha value is -3.03. The smallest absolute Gasteiger partial charge is 0.338 e. The highest BCUT2D eigenvalue weighted by atomic mass is 16.6. The molecule has 0 amide bonds. The fraction of sp³-hybridized carbons (Fsp3) is 0.500. The SMILES string of the molecule is CCC1=C(C(=O)OCC2CCCCC2OC(C)=O)C(c2cccc(O)c2)N=C(N)N1. The fourth-order valence-corrected chi connectivity index (χ4v) is 4.07. The Morgan fingerprint density at radius 3 is 2.77 bits per heavy atom. The third-order valence-corrected chi connectivity index (χ3v) is 5.49. The Labute approximate surface area is 176 Å². The van der Waals surface area contributed by atoms with Gasteiger partial charge in [0.2, 0.25) is 0 Å². The van der Waals surface area contributed by atoms with Gasteiger partial charge in [0.25, 0.3) is 0 Å². The number of rotatable bonds is 6. The molecular formula is C22H29N3O5. The number of esters is 2. The summed E-state index contributed by atoms with van der Waals surface area (Å²) in [5.74, 6) is -0.548. The Morgan fingerprint density at radius 2 is 2.07 bits per heavy atom. The first kappa shape index (κ1) is 21.7. The monoisotopic (exact) mass is 415 g/mol. The Morgan fingerprint density at radius 1 is 1.30 bits per heavy atom. The second kappa shape index (κ2) is 9.65. The summed E-state index contributed by atoms with van der Waals surface area (Å²) < 4.78 is 11.1. The van der Waals surface area contributed by atoms with Crippen molar-refractivity contribution in [3.8, 4) is 5.75 Å². The fourth-order valence-electron chi connectivity index (χ4n) is 4.07. The number of allylic oxidation sites excluding steroid dienone is 1. The molecule has 30 heavy (non-hydrogen) atoms. The lowest BCUT2D eigenvalue weighted by Crippen LogP contribution is -2.38. The van der Waals surface area contributed by atoms with Gasteiger partial charge in [-0.3, -0.25) is 4.79 Å². The number of benzene rings is 1. The zero-order valence-electron chi connectivity index (χ0n) is 17.4. The maximum absolute atomic E-state index is 13.1. The number of hydrogen-bond donors (Lipinski definition) is 3. The van der Waals surface area contributed by atoms with E-state index >= 15 is 0 Å². The maximum Gasteiger partial charge on any atom is 0.338 e. The van der Waals surface area contributed by atoms with Crippen molar-refractivity contribution in [3.63, 3.8) is 0 Å². The molecule has 0 aromatic heterocycles. The number of ether oxygens (including phenoxy) is 2. The molecule has 8 nitrogen and oxygen atoms in total. The van der Waals surface area contributed by atoms with Crippen LogP contribution in [0.3, 0.4) is 0 Å². The topological polar surface area (TPSA) is 123 Å². The van der Waals surface area contributed by atoms with Crippen LogP contribution in [0.1, 0.15) is 57.6 Å². The summed E-state index contributed by atoms with van der Waals surface area (Å²) in [7, 11) is 0. The number of carbonyl (C=O) groups excluding carboxylic acids is 2. The van der Waals surface area contributed by atoms with Crippen molar-refractivity contribution >= 4 is 17.9 Å². The molecule has 162 valence electrons. The minimum absolute atomic E-state index is 0.0263. The molecule has 0 radical (unpaired) electrons. The molecule has 2 aliphatic rings. The molecule has 0 bridgehead atoms. The number of nitrogens with two attached hydrogens (primary N) is 1. The van der Waals surface area contributed by atoms with Crippen LogP contribution in [0.15, 0.2) is 40.5 Å². The van der Waals surface area contributed by atoms with Crippen molar-refractivity contribution in [1.29, 1.82) is 0 Å². The van der Waals surface area contributed by atoms with Gasteiger partial charge in [0.05, 0.1) is 12.2 Å². The molecule has 0 spiro atoms. The number of phenolic OH excluding ortho intramolecular Hbond substituents is 1. The van der Waals surface area contributed by atoms with Gasteiger partial charge in [-0.2, -0.15) is 0 Å². The highest BCUT2D eigenvalue weighted by Gasteiger charge is 2.33. The van der Waals surface area contributed by atoms with E-state index in [9.17, 15) is 14.7 Å². The quantitative estimate of drug-likeness (QED) is 0.610. The molecule has 3 rings (SSSR count). The van der Waals surface area contributed by atoms with Crippen LogP contribution in [0.2, 0.25) is 0 Å². The van der Waals surface area contributed by atoms with Crippen LogP contribution in [0.4, 0.5) is 0 Å². The van der Waals surface area contributed by atoms with E-state index in [1.165, 1.54) is 6.92 Å². The summed E-state index contributed by atoms with van der Waals surface area (Å²) in [5, 5.41) is 12.8. The molecule has 0 saturated heterocycles. The lowest BCUT2D eigenvalue weighted by molar-refractivity contribution is -0.154. The largest absolute Gasteiger partial charge is 0.508 e. The molecular weight excluding hydrogens is 386 g/mol. The predicted molar refractivity (Wildman–Crippen MR) is 111 cm³/mol. The number of hydrogen-bond acceptors (Lipinski definition) is 8. The standard InChI is InChI=1S/C22H29N3O5/c1-3-17-19(20(25-22(23)24-17)14-8-6-9-16(27)11-14)21(28)29-12-15-7-4-5-10-18(15)30-13(2)26/h6,8-9,11,15,18,20,27H,3-5,7,10,12H2,1-2H3,(H3,23,24,25). The molecule has 3 atom stereocenters. The molecule has 8 heteroatoms. The number of carbonyl (C=O) groups is 2. The molecule has 1 saturated carbocycles. The third-order valence-electron chi connectivity index (χ3n) is 5.49. The van der Waals surface area contributed by atoms with E-state index in [-0.39, 0.29) is 36.3 Å². The van der Waals surface area contributed by atoms with E-state index in [2.05, 4.69) is 10.3 Å². The minimum Gasteiger partial charge on any atom is -0.508 e. The van der Waals surface area contributed by atoms with Gasteiger partial charge in [-0.15, -0.1) is 0 Å². The second-order valence-corrected chi connectivity index (χ2v) is 7.67. The molecule has 1 aromatic carbocycles. The normalized spacial score (nSPS) is 23.9. The number of nitrogens with one attached hydrogen (secondary N) is 1. The van der Waals surface area contributed by atoms with Crippen LogP contribution in [0.25, 0.3) is 0 Å². The summed E-state index contributed by atoms with van der Waals surface area (Å²) in [4.78, 5) is 28.9. The predicted octanol–water partition coefficient (Wildman–Crippen LogP) is 2.68. The van der Waals surface area contributed by atoms with Crippen LogP contribution in [0, 0.1) is 5.92 Å². The first-order chi connectivity index (χ1) is 14.4. The van der Waals surface area contributed by atoms with Crippen molar-refractivity contribution in [2.75, 3.05) is 6.61 Å². The highest BCUT2D eigenvalue weighted by Crippen LogP contribution is 2.34. The molecule has 1 heterocycles. The summed E-state index contributed by atoms with van der Waals surface area (Å²) in [6, 6.07) is 5.92. The van der Waals surface area contributed by atoms with Crippen molar-refractivity contribution in [1.82, 2.24) is 5.32 Å². The third kappa shape index (κ3) is 5.11. The lowest BCUT2D eigenvalue weighted by atomic mass is 9.87. The van der Waals surface area contributed by atoms with Gasteiger partial charge in [-0.25, -0.2) is 9.79 Å². The van der Waals surface area contributed by atoms with Crippen LogP contribution >= 0.6 is 0 Å². The van der Waals surface area contributed by atoms with Gasteiger partial charge in [-0.05, 0) is 43.4 Å². The van der Waals surface area contributed by atoms with E-state index in [1.807, 2.05) is 6.92 Å². The number of aromatic hydroxyl groups is 1. The molecule has 3 unspecified atom stereocenters. The minimum atomic E-state index is -0.670. The van der Waals surface area contributed by atoms with Gasteiger partial charge >= 0.3 is 11.9 Å². The van der Waals surface area contributed by atoms with E-state index in [0.717, 1.165) is 25.7 Å². The zero-order chi connectivity index (χ0) is 21.7. The Bertz CT molecular complexity index is 864. The van der Waals surface area contributed by atoms with Crippen LogP contribution in [0.5, 0.6) is 5.75 Å². The highest BCUT2D eigenvalue weighted by molar-refractivity contribution is 5.95. The summed E-state index contributed by atoms with van der Waals surface area (Å²) in [6.07, 6.45) is 3.92. The number of aliphatic imine (C=N–C) groups is 1. The lowest BCUT2D eigenvalue weighted by Gasteiger charge is -2.31. The van der Waals surface area contributed by atoms with Crippen LogP contribution in [-0.2, 0) is 19.1 Å². The van der Waals surface area contributed by atoms with Crippen molar-refractivity contribution in [2.24, 2.45) is 16.6 Å². The summed E-state index contributed by atoms with van der Waals surface area (Å²) >= 11 is 0. The molecule has 1 fully saturated rings. The zero-order valence-corrected chi connectivity index (χ0v) is 17.4. The van der Waals surface area contributed by atoms with Crippen molar-refractivity contribution < 1.29 is 24.2 Å². The van der Waals surface area contributed by atoms with Gasteiger partial charge in [-0.1, -0.05) is 25.5 Å². The summed E-state index contributed by atoms with van der Waals surface area (Å²) in [6.45, 7) is 3.47.